The standard InChI is InChI=1S/C27H40N4O2/c1-6-9-17-31(18-10-7-2)19-13-16-28-26(32)22(8-3)21(4)29-27(33)24-20-30(5)25-15-12-11-14-23(24)25/h8,11-12,14-15,20H,4,6-7,9-10,13,16-19H2,1-3,5H3,(H,28,32)(H,29,33). The van der Waals surface area contributed by atoms with E-state index in [4.69, 9.17) is 0 Å². The second-order valence-corrected chi connectivity index (χ2v) is 8.46. The molecule has 0 aliphatic heterocycles. The Labute approximate surface area is 198 Å². The van der Waals surface area contributed by atoms with Gasteiger partial charge in [-0.2, -0.15) is 0 Å². The van der Waals surface area contributed by atoms with Crippen molar-refractivity contribution >= 4 is 22.7 Å². The zero-order valence-corrected chi connectivity index (χ0v) is 20.7. The van der Waals surface area contributed by atoms with Crippen LogP contribution in [0.1, 0.15) is 63.2 Å². The van der Waals surface area contributed by atoms with Crippen molar-refractivity contribution < 1.29 is 9.59 Å². The quantitative estimate of drug-likeness (QED) is 0.246. The molecule has 2 amide bonds. The number of carbonyl (C=O) groups excluding carboxylic acids is 2. The molecule has 1 heterocycles. The van der Waals surface area contributed by atoms with Crippen LogP contribution in [0.4, 0.5) is 0 Å². The predicted molar refractivity (Wildman–Crippen MR) is 137 cm³/mol. The van der Waals surface area contributed by atoms with Crippen LogP contribution in [0.5, 0.6) is 0 Å². The number of rotatable bonds is 14. The number of carbonyl (C=O) groups is 2. The van der Waals surface area contributed by atoms with Crippen molar-refractivity contribution in [3.8, 4) is 0 Å². The monoisotopic (exact) mass is 452 g/mol. The van der Waals surface area contributed by atoms with Gasteiger partial charge in [0, 0.05) is 36.4 Å². The maximum atomic E-state index is 12.9. The number of nitrogens with zero attached hydrogens (tertiary/aromatic N) is 2. The number of aryl methyl sites for hydroxylation is 1. The van der Waals surface area contributed by atoms with Crippen molar-refractivity contribution in [2.75, 3.05) is 26.2 Å². The maximum Gasteiger partial charge on any atom is 0.257 e. The molecule has 0 spiro atoms. The Kier molecular flexibility index (Phi) is 10.9. The first-order valence-electron chi connectivity index (χ1n) is 12.1. The number of aromatic nitrogens is 1. The molecular formula is C27H40N4O2. The van der Waals surface area contributed by atoms with E-state index in [1.807, 2.05) is 35.9 Å². The topological polar surface area (TPSA) is 66.4 Å². The second-order valence-electron chi connectivity index (χ2n) is 8.46. The van der Waals surface area contributed by atoms with Crippen LogP contribution in [0.3, 0.4) is 0 Å². The van der Waals surface area contributed by atoms with Crippen LogP contribution in [-0.2, 0) is 11.8 Å². The zero-order chi connectivity index (χ0) is 24.2. The third kappa shape index (κ3) is 7.60. The Balaban J connectivity index is 1.88. The van der Waals surface area contributed by atoms with Gasteiger partial charge in [-0.05, 0) is 51.9 Å². The van der Waals surface area contributed by atoms with E-state index in [2.05, 4.69) is 36.0 Å². The third-order valence-corrected chi connectivity index (χ3v) is 5.86. The molecule has 0 bridgehead atoms. The first-order valence-corrected chi connectivity index (χ1v) is 12.1. The predicted octanol–water partition coefficient (Wildman–Crippen LogP) is 4.78. The van der Waals surface area contributed by atoms with Crippen molar-refractivity contribution in [2.24, 2.45) is 7.05 Å². The molecule has 1 aromatic heterocycles. The zero-order valence-electron chi connectivity index (χ0n) is 20.7. The number of amides is 2. The molecular weight excluding hydrogens is 412 g/mol. The van der Waals surface area contributed by atoms with Crippen molar-refractivity contribution in [3.05, 3.63) is 60.0 Å². The summed E-state index contributed by atoms with van der Waals surface area (Å²) in [6, 6.07) is 7.74. The van der Waals surface area contributed by atoms with E-state index in [9.17, 15) is 9.59 Å². The average molecular weight is 453 g/mol. The molecule has 2 rings (SSSR count). The smallest absolute Gasteiger partial charge is 0.257 e. The second kappa shape index (κ2) is 13.6. The van der Waals surface area contributed by atoms with Gasteiger partial charge >= 0.3 is 0 Å². The van der Waals surface area contributed by atoms with Crippen LogP contribution in [0, 0.1) is 0 Å². The minimum absolute atomic E-state index is 0.214. The molecule has 0 saturated carbocycles. The lowest BCUT2D eigenvalue weighted by molar-refractivity contribution is -0.117. The first kappa shape index (κ1) is 26.4. The van der Waals surface area contributed by atoms with Crippen LogP contribution in [0.15, 0.2) is 54.4 Å². The van der Waals surface area contributed by atoms with Gasteiger partial charge in [-0.15, -0.1) is 0 Å². The van der Waals surface area contributed by atoms with E-state index in [1.165, 1.54) is 25.7 Å². The van der Waals surface area contributed by atoms with Crippen LogP contribution in [-0.4, -0.2) is 47.5 Å². The normalized spacial score (nSPS) is 11.7. The summed E-state index contributed by atoms with van der Waals surface area (Å²) in [7, 11) is 1.91. The highest BCUT2D eigenvalue weighted by Gasteiger charge is 2.18. The average Bonchev–Trinajstić information content (AvgIpc) is 3.15. The fraction of sp³-hybridized carbons (Fsp3) is 0.481. The van der Waals surface area contributed by atoms with E-state index in [0.717, 1.165) is 37.0 Å². The summed E-state index contributed by atoms with van der Waals surface area (Å²) in [6.07, 6.45) is 9.17. The van der Waals surface area contributed by atoms with Crippen molar-refractivity contribution in [1.82, 2.24) is 20.1 Å². The summed E-state index contributed by atoms with van der Waals surface area (Å²) in [5.41, 5.74) is 2.23. The third-order valence-electron chi connectivity index (χ3n) is 5.86. The molecule has 180 valence electrons. The number of fused-ring (bicyclic) bond motifs is 1. The highest BCUT2D eigenvalue weighted by Crippen LogP contribution is 2.20. The molecule has 0 fully saturated rings. The van der Waals surface area contributed by atoms with Crippen LogP contribution in [0.2, 0.25) is 0 Å². The molecule has 6 heteroatoms. The van der Waals surface area contributed by atoms with Gasteiger partial charge in [0.05, 0.1) is 11.1 Å². The van der Waals surface area contributed by atoms with Gasteiger partial charge in [-0.25, -0.2) is 0 Å². The van der Waals surface area contributed by atoms with Crippen molar-refractivity contribution in [2.45, 2.75) is 52.9 Å². The summed E-state index contributed by atoms with van der Waals surface area (Å²) in [5, 5.41) is 6.65. The number of para-hydroxylation sites is 1. The SMILES string of the molecule is C=C(NC(=O)c1cn(C)c2ccccc12)C(=CC)C(=O)NCCCN(CCCC)CCCC. The van der Waals surface area contributed by atoms with Crippen LogP contribution < -0.4 is 10.6 Å². The molecule has 2 N–H and O–H groups in total. The van der Waals surface area contributed by atoms with Gasteiger partial charge < -0.3 is 20.1 Å². The lowest BCUT2D eigenvalue weighted by atomic mass is 10.1. The van der Waals surface area contributed by atoms with Gasteiger partial charge in [0.2, 0.25) is 0 Å². The molecule has 0 aliphatic carbocycles. The number of nitrogens with one attached hydrogen (secondary N) is 2. The number of hydrogen-bond acceptors (Lipinski definition) is 3. The lowest BCUT2D eigenvalue weighted by Crippen LogP contribution is -2.34. The highest BCUT2D eigenvalue weighted by molar-refractivity contribution is 6.08. The largest absolute Gasteiger partial charge is 0.352 e. The Morgan fingerprint density at radius 2 is 1.70 bits per heavy atom. The first-order chi connectivity index (χ1) is 15.9. The van der Waals surface area contributed by atoms with Crippen molar-refractivity contribution in [3.63, 3.8) is 0 Å². The van der Waals surface area contributed by atoms with Gasteiger partial charge in [-0.1, -0.05) is 57.5 Å². The van der Waals surface area contributed by atoms with Crippen LogP contribution >= 0.6 is 0 Å². The Hall–Kier alpha value is -2.86. The maximum absolute atomic E-state index is 12.9. The fourth-order valence-corrected chi connectivity index (χ4v) is 3.94. The summed E-state index contributed by atoms with van der Waals surface area (Å²) in [5.74, 6) is -0.485. The molecule has 0 saturated heterocycles. The summed E-state index contributed by atoms with van der Waals surface area (Å²) < 4.78 is 1.92. The summed E-state index contributed by atoms with van der Waals surface area (Å²) in [6.45, 7) is 13.9. The van der Waals surface area contributed by atoms with E-state index < -0.39 is 0 Å². The Morgan fingerprint density at radius 3 is 2.33 bits per heavy atom. The van der Waals surface area contributed by atoms with Gasteiger partial charge in [-0.3, -0.25) is 9.59 Å². The minimum atomic E-state index is -0.272. The summed E-state index contributed by atoms with van der Waals surface area (Å²) >= 11 is 0. The fourth-order valence-electron chi connectivity index (χ4n) is 3.94. The van der Waals surface area contributed by atoms with E-state index >= 15 is 0 Å². The minimum Gasteiger partial charge on any atom is -0.352 e. The summed E-state index contributed by atoms with van der Waals surface area (Å²) in [4.78, 5) is 28.1. The molecule has 1 aromatic carbocycles. The van der Waals surface area contributed by atoms with Gasteiger partial charge in [0.15, 0.2) is 0 Å². The van der Waals surface area contributed by atoms with Crippen molar-refractivity contribution in [1.29, 1.82) is 0 Å². The number of hydrogen-bond donors (Lipinski definition) is 2. The molecule has 6 nitrogen and oxygen atoms in total. The highest BCUT2D eigenvalue weighted by atomic mass is 16.2. The Morgan fingerprint density at radius 1 is 1.06 bits per heavy atom. The molecule has 0 radical (unpaired) electrons. The molecule has 0 atom stereocenters. The molecule has 0 aliphatic rings. The molecule has 0 unspecified atom stereocenters. The van der Waals surface area contributed by atoms with E-state index in [1.54, 1.807) is 19.2 Å². The number of benzene rings is 1. The van der Waals surface area contributed by atoms with E-state index in [0.29, 0.717) is 23.4 Å². The van der Waals surface area contributed by atoms with E-state index in [-0.39, 0.29) is 11.8 Å². The van der Waals surface area contributed by atoms with Gasteiger partial charge in [0.1, 0.15) is 0 Å². The molecule has 33 heavy (non-hydrogen) atoms. The number of unbranched alkanes of at least 4 members (excludes halogenated alkanes) is 2. The van der Waals surface area contributed by atoms with Gasteiger partial charge in [0.25, 0.3) is 11.8 Å². The lowest BCUT2D eigenvalue weighted by Gasteiger charge is -2.22. The molecule has 2 aromatic rings. The number of allylic oxidation sites excluding steroid dienone is 1. The van der Waals surface area contributed by atoms with Crippen LogP contribution in [0.25, 0.3) is 10.9 Å². The Bertz CT molecular complexity index is 966.